The molecular formula is C4H5F2N2O8P. The molecule has 0 aromatic heterocycles. The van der Waals surface area contributed by atoms with E-state index >= 15 is 0 Å². The Bertz CT molecular complexity index is 307. The maximum absolute atomic E-state index is 10.1. The number of aliphatic carboxylic acids is 2. The number of carbonyl (C=O) groups excluding carboxylic acids is 2. The highest BCUT2D eigenvalue weighted by Crippen LogP contribution is 2.43. The fourth-order valence-corrected chi connectivity index (χ4v) is 0. The SMILES string of the molecule is N=C=O.N=C=O.O=C(O)C(=O)O.O=P(O)(F)F. The van der Waals surface area contributed by atoms with Gasteiger partial charge in [-0.2, -0.15) is 0 Å². The summed E-state index contributed by atoms with van der Waals surface area (Å²) in [5.74, 6) is -3.65. The first-order valence-electron chi connectivity index (χ1n) is 2.73. The summed E-state index contributed by atoms with van der Waals surface area (Å²) in [4.78, 5) is 41.6. The Kier molecular flexibility index (Phi) is 23.0. The maximum Gasteiger partial charge on any atom is 0.549 e. The summed E-state index contributed by atoms with van der Waals surface area (Å²) in [7, 11) is -5.64. The largest absolute Gasteiger partial charge is 0.549 e. The highest BCUT2D eigenvalue weighted by Gasteiger charge is 2.09. The van der Waals surface area contributed by atoms with Crippen LogP contribution in [0.1, 0.15) is 0 Å². The molecule has 0 saturated carbocycles. The van der Waals surface area contributed by atoms with Gasteiger partial charge in [-0.05, 0) is 0 Å². The molecule has 0 radical (unpaired) electrons. The maximum atomic E-state index is 10.1. The molecule has 5 N–H and O–H groups in total. The van der Waals surface area contributed by atoms with Crippen LogP contribution in [0, 0.1) is 10.8 Å². The molecule has 0 amide bonds. The lowest BCUT2D eigenvalue weighted by atomic mass is 10.7. The molecule has 0 unspecified atom stereocenters. The Balaban J connectivity index is -0.0000000698. The van der Waals surface area contributed by atoms with Crippen molar-refractivity contribution in [1.29, 1.82) is 10.8 Å². The van der Waals surface area contributed by atoms with Crippen LogP contribution in [0.5, 0.6) is 0 Å². The zero-order valence-corrected chi connectivity index (χ0v) is 8.48. The minimum Gasteiger partial charge on any atom is -0.473 e. The zero-order chi connectivity index (χ0) is 15.1. The molecule has 0 aliphatic heterocycles. The van der Waals surface area contributed by atoms with E-state index < -0.39 is 19.9 Å². The summed E-state index contributed by atoms with van der Waals surface area (Å²) < 4.78 is 28.7. The number of carboxylic acid groups (broad SMARTS) is 2. The van der Waals surface area contributed by atoms with E-state index in [1.807, 2.05) is 0 Å². The van der Waals surface area contributed by atoms with Gasteiger partial charge in [0.25, 0.3) is 0 Å². The first kappa shape index (κ1) is 24.1. The highest BCUT2D eigenvalue weighted by molar-refractivity contribution is 7.46. The number of carboxylic acids is 2. The standard InChI is InChI=1S/C2H2O4.2CHNO.F2HO2P/c3-1(4)2(5)6;2*2-1-3;1-5(2,3)4/h(H,3,4)(H,5,6);2*2H;(H,3,4). The normalized spacial score (nSPS) is 7.00. The van der Waals surface area contributed by atoms with E-state index in [4.69, 9.17) is 49.7 Å². The van der Waals surface area contributed by atoms with E-state index in [2.05, 4.69) is 0 Å². The smallest absolute Gasteiger partial charge is 0.473 e. The lowest BCUT2D eigenvalue weighted by Crippen LogP contribution is -2.09. The van der Waals surface area contributed by atoms with Crippen LogP contribution >= 0.6 is 7.99 Å². The van der Waals surface area contributed by atoms with E-state index in [0.717, 1.165) is 12.2 Å². The molecule has 0 atom stereocenters. The predicted molar refractivity (Wildman–Crippen MR) is 44.1 cm³/mol. The molecule has 0 heterocycles. The van der Waals surface area contributed by atoms with Gasteiger partial charge in [0, 0.05) is 0 Å². The summed E-state index contributed by atoms with van der Waals surface area (Å²) >= 11 is 0. The van der Waals surface area contributed by atoms with Gasteiger partial charge in [-0.15, -0.1) is 8.39 Å². The molecule has 0 saturated heterocycles. The first-order chi connectivity index (χ1) is 7.47. The minimum atomic E-state index is -5.64. The van der Waals surface area contributed by atoms with Crippen molar-refractivity contribution in [1.82, 2.24) is 0 Å². The fourth-order valence-electron chi connectivity index (χ4n) is 0. The number of hydrogen-bond acceptors (Lipinski definition) is 7. The lowest BCUT2D eigenvalue weighted by molar-refractivity contribution is -0.159. The second kappa shape index (κ2) is 16.2. The van der Waals surface area contributed by atoms with Crippen LogP contribution in [0.25, 0.3) is 0 Å². The molecule has 0 bridgehead atoms. The molecule has 0 aromatic rings. The van der Waals surface area contributed by atoms with Crippen molar-refractivity contribution in [3.05, 3.63) is 0 Å². The second-order valence-electron chi connectivity index (χ2n) is 1.25. The van der Waals surface area contributed by atoms with Gasteiger partial charge >= 0.3 is 19.9 Å². The topological polar surface area (TPSA) is 194 Å². The highest BCUT2D eigenvalue weighted by atomic mass is 31.2. The molecule has 17 heavy (non-hydrogen) atoms. The van der Waals surface area contributed by atoms with Gasteiger partial charge in [0.1, 0.15) is 0 Å². The van der Waals surface area contributed by atoms with Crippen molar-refractivity contribution in [2.45, 2.75) is 0 Å². The van der Waals surface area contributed by atoms with Crippen LogP contribution in [0.15, 0.2) is 0 Å². The molecular weight excluding hydrogens is 273 g/mol. The number of hydrogen-bond donors (Lipinski definition) is 5. The van der Waals surface area contributed by atoms with Crippen molar-refractivity contribution < 1.29 is 47.2 Å². The molecule has 98 valence electrons. The Labute approximate surface area is 91.2 Å². The third kappa shape index (κ3) is 620. The number of isocyanates is 2. The van der Waals surface area contributed by atoms with E-state index in [-0.39, 0.29) is 0 Å². The summed E-state index contributed by atoms with van der Waals surface area (Å²) in [5, 5.41) is 25.6. The van der Waals surface area contributed by atoms with Crippen molar-refractivity contribution in [2.75, 3.05) is 0 Å². The number of rotatable bonds is 0. The van der Waals surface area contributed by atoms with E-state index in [9.17, 15) is 8.39 Å². The van der Waals surface area contributed by atoms with E-state index in [1.165, 1.54) is 0 Å². The van der Waals surface area contributed by atoms with Gasteiger partial charge in [0.05, 0.1) is 0 Å². The summed E-state index contributed by atoms with van der Waals surface area (Å²) in [6, 6.07) is 0. The zero-order valence-electron chi connectivity index (χ0n) is 7.59. The first-order valence-corrected chi connectivity index (χ1v) is 4.18. The molecule has 10 nitrogen and oxygen atoms in total. The van der Waals surface area contributed by atoms with E-state index in [1.54, 1.807) is 0 Å². The van der Waals surface area contributed by atoms with Gasteiger partial charge in [0.15, 0.2) is 0 Å². The monoisotopic (exact) mass is 278 g/mol. The van der Waals surface area contributed by atoms with Crippen LogP contribution in [0.3, 0.4) is 0 Å². The van der Waals surface area contributed by atoms with Crippen LogP contribution in [-0.2, 0) is 23.7 Å². The molecule has 13 heteroatoms. The fraction of sp³-hybridized carbons (Fsp3) is 0. The van der Waals surface area contributed by atoms with Gasteiger partial charge in [0.2, 0.25) is 12.2 Å². The Morgan fingerprint density at radius 3 is 1.06 bits per heavy atom. The van der Waals surface area contributed by atoms with E-state index in [0.29, 0.717) is 0 Å². The van der Waals surface area contributed by atoms with Crippen LogP contribution < -0.4 is 0 Å². The van der Waals surface area contributed by atoms with Crippen molar-refractivity contribution in [3.8, 4) is 0 Å². The minimum absolute atomic E-state index is 0.750. The summed E-state index contributed by atoms with van der Waals surface area (Å²) in [6.45, 7) is 0. The Morgan fingerprint density at radius 2 is 1.06 bits per heavy atom. The third-order valence-electron chi connectivity index (χ3n) is 0.183. The third-order valence-corrected chi connectivity index (χ3v) is 0.183. The number of halogens is 2. The summed E-state index contributed by atoms with van der Waals surface area (Å²) in [5.41, 5.74) is 0. The van der Waals surface area contributed by atoms with Crippen molar-refractivity contribution in [2.24, 2.45) is 0 Å². The average Bonchev–Trinajstić information content (AvgIpc) is 2.03. The Morgan fingerprint density at radius 1 is 1.00 bits per heavy atom. The predicted octanol–water partition coefficient (Wildman–Crippen LogP) is -0.0167. The lowest BCUT2D eigenvalue weighted by Gasteiger charge is -1.73. The van der Waals surface area contributed by atoms with Gasteiger partial charge in [-0.1, -0.05) is 0 Å². The molecule has 0 aliphatic rings. The van der Waals surface area contributed by atoms with Gasteiger partial charge < -0.3 is 10.2 Å². The Hall–Kier alpha value is -2.25. The number of carbonyl (C=O) groups is 2. The average molecular weight is 278 g/mol. The second-order valence-corrected chi connectivity index (χ2v) is 2.12. The van der Waals surface area contributed by atoms with Gasteiger partial charge in [-0.25, -0.2) is 34.6 Å². The van der Waals surface area contributed by atoms with Crippen molar-refractivity contribution in [3.63, 3.8) is 0 Å². The molecule has 0 aromatic carbocycles. The molecule has 0 rings (SSSR count). The van der Waals surface area contributed by atoms with Crippen LogP contribution in [-0.4, -0.2) is 39.2 Å². The van der Waals surface area contributed by atoms with Crippen LogP contribution in [0.4, 0.5) is 8.39 Å². The molecule has 0 fully saturated rings. The quantitative estimate of drug-likeness (QED) is 0.176. The van der Waals surface area contributed by atoms with Crippen molar-refractivity contribution >= 4 is 32.1 Å². The number of nitrogens with one attached hydrogen (secondary N) is 2. The molecule has 0 spiro atoms. The van der Waals surface area contributed by atoms with Gasteiger partial charge in [-0.3, -0.25) is 4.89 Å². The van der Waals surface area contributed by atoms with Crippen LogP contribution in [0.2, 0.25) is 0 Å². The summed E-state index contributed by atoms with van der Waals surface area (Å²) in [6.07, 6.45) is 1.50. The molecule has 0 aliphatic carbocycles.